The van der Waals surface area contributed by atoms with Gasteiger partial charge in [-0.2, -0.15) is 5.10 Å². The van der Waals surface area contributed by atoms with Crippen molar-refractivity contribution in [3.63, 3.8) is 0 Å². The molecule has 0 fully saturated rings. The number of rotatable bonds is 5. The Hall–Kier alpha value is -2.86. The van der Waals surface area contributed by atoms with Crippen molar-refractivity contribution in [2.75, 3.05) is 11.9 Å². The Morgan fingerprint density at radius 3 is 2.58 bits per heavy atom. The number of halogens is 1. The molecule has 6 nitrogen and oxygen atoms in total. The van der Waals surface area contributed by atoms with Crippen LogP contribution in [-0.4, -0.2) is 24.6 Å². The molecule has 0 atom stereocenters. The number of anilines is 1. The summed E-state index contributed by atoms with van der Waals surface area (Å²) in [6.45, 7) is 2.49. The molecule has 0 aromatic heterocycles. The van der Waals surface area contributed by atoms with Gasteiger partial charge >= 0.3 is 11.8 Å². The Morgan fingerprint density at radius 2 is 1.92 bits per heavy atom. The number of hydrogen-bond donors (Lipinski definition) is 2. The summed E-state index contributed by atoms with van der Waals surface area (Å²) in [6, 6.07) is 13.6. The van der Waals surface area contributed by atoms with Crippen LogP contribution in [0.15, 0.2) is 53.6 Å². The van der Waals surface area contributed by atoms with Gasteiger partial charge in [-0.25, -0.2) is 5.43 Å². The van der Waals surface area contributed by atoms with Gasteiger partial charge in [-0.05, 0) is 55.0 Å². The normalized spacial score (nSPS) is 10.4. The number of nitrogens with one attached hydrogen (secondary N) is 2. The molecule has 2 aromatic rings. The topological polar surface area (TPSA) is 79.8 Å². The van der Waals surface area contributed by atoms with Crippen LogP contribution in [0.3, 0.4) is 0 Å². The fourth-order valence-electron chi connectivity index (χ4n) is 1.79. The number of carbonyl (C=O) groups is 2. The molecular formula is C17H16ClN3O3. The highest BCUT2D eigenvalue weighted by Crippen LogP contribution is 2.14. The molecule has 0 spiro atoms. The predicted molar refractivity (Wildman–Crippen MR) is 93.4 cm³/mol. The molecule has 24 heavy (non-hydrogen) atoms. The second-order valence-electron chi connectivity index (χ2n) is 4.67. The van der Waals surface area contributed by atoms with Crippen LogP contribution in [0.5, 0.6) is 5.75 Å². The van der Waals surface area contributed by atoms with Crippen molar-refractivity contribution < 1.29 is 14.3 Å². The van der Waals surface area contributed by atoms with Crippen LogP contribution >= 0.6 is 11.6 Å². The lowest BCUT2D eigenvalue weighted by atomic mass is 10.2. The molecule has 2 N–H and O–H groups in total. The zero-order valence-electron chi connectivity index (χ0n) is 13.0. The zero-order valence-corrected chi connectivity index (χ0v) is 13.7. The van der Waals surface area contributed by atoms with Crippen LogP contribution in [-0.2, 0) is 9.59 Å². The van der Waals surface area contributed by atoms with E-state index in [2.05, 4.69) is 15.8 Å². The van der Waals surface area contributed by atoms with Gasteiger partial charge in [-0.15, -0.1) is 0 Å². The number of nitrogens with zero attached hydrogens (tertiary/aromatic N) is 1. The average molecular weight is 346 g/mol. The Kier molecular flexibility index (Phi) is 6.33. The van der Waals surface area contributed by atoms with E-state index in [1.54, 1.807) is 42.5 Å². The fourth-order valence-corrected chi connectivity index (χ4v) is 1.98. The van der Waals surface area contributed by atoms with E-state index < -0.39 is 11.8 Å². The maximum atomic E-state index is 11.7. The SMILES string of the molecule is CCOc1ccc(/C=N/NC(=O)C(=O)Nc2cccc(Cl)c2)cc1. The minimum Gasteiger partial charge on any atom is -0.494 e. The predicted octanol–water partition coefficient (Wildman–Crippen LogP) is 2.83. The van der Waals surface area contributed by atoms with E-state index in [0.717, 1.165) is 11.3 Å². The van der Waals surface area contributed by atoms with Crippen molar-refractivity contribution in [1.82, 2.24) is 5.43 Å². The Bertz CT molecular complexity index is 745. The smallest absolute Gasteiger partial charge is 0.329 e. The van der Waals surface area contributed by atoms with Gasteiger partial charge < -0.3 is 10.1 Å². The molecule has 0 aliphatic carbocycles. The molecule has 0 unspecified atom stereocenters. The molecular weight excluding hydrogens is 330 g/mol. The third-order valence-corrected chi connectivity index (χ3v) is 3.09. The van der Waals surface area contributed by atoms with Crippen molar-refractivity contribution in [2.45, 2.75) is 6.92 Å². The Morgan fingerprint density at radius 1 is 1.17 bits per heavy atom. The van der Waals surface area contributed by atoms with E-state index in [9.17, 15) is 9.59 Å². The van der Waals surface area contributed by atoms with Gasteiger partial charge in [0.2, 0.25) is 0 Å². The molecule has 0 saturated heterocycles. The van der Waals surface area contributed by atoms with Crippen molar-refractivity contribution >= 4 is 35.3 Å². The summed E-state index contributed by atoms with van der Waals surface area (Å²) in [5, 5.41) is 6.63. The third-order valence-electron chi connectivity index (χ3n) is 2.86. The standard InChI is InChI=1S/C17H16ClN3O3/c1-2-24-15-8-6-12(7-9-15)11-19-21-17(23)16(22)20-14-5-3-4-13(18)10-14/h3-11H,2H2,1H3,(H,20,22)(H,21,23)/b19-11+. The van der Waals surface area contributed by atoms with Crippen molar-refractivity contribution in [2.24, 2.45) is 5.10 Å². The molecule has 0 heterocycles. The first-order valence-corrected chi connectivity index (χ1v) is 7.59. The van der Waals surface area contributed by atoms with Crippen LogP contribution in [0.25, 0.3) is 0 Å². The molecule has 124 valence electrons. The van der Waals surface area contributed by atoms with Crippen molar-refractivity contribution in [1.29, 1.82) is 0 Å². The Balaban J connectivity index is 1.86. The number of hydrazone groups is 1. The van der Waals surface area contributed by atoms with Gasteiger partial charge in [0.15, 0.2) is 0 Å². The molecule has 0 bridgehead atoms. The maximum Gasteiger partial charge on any atom is 0.329 e. The summed E-state index contributed by atoms with van der Waals surface area (Å²) in [7, 11) is 0. The summed E-state index contributed by atoms with van der Waals surface area (Å²) in [5.74, 6) is -0.960. The number of amides is 2. The summed E-state index contributed by atoms with van der Waals surface area (Å²) < 4.78 is 5.32. The second-order valence-corrected chi connectivity index (χ2v) is 5.10. The maximum absolute atomic E-state index is 11.7. The molecule has 2 aromatic carbocycles. The molecule has 0 radical (unpaired) electrons. The monoisotopic (exact) mass is 345 g/mol. The van der Waals surface area contributed by atoms with Gasteiger partial charge in [-0.1, -0.05) is 17.7 Å². The highest BCUT2D eigenvalue weighted by atomic mass is 35.5. The first kappa shape index (κ1) is 17.5. The summed E-state index contributed by atoms with van der Waals surface area (Å²) in [6.07, 6.45) is 1.43. The first-order valence-electron chi connectivity index (χ1n) is 7.21. The molecule has 0 aliphatic heterocycles. The molecule has 7 heteroatoms. The van der Waals surface area contributed by atoms with Crippen LogP contribution in [0, 0.1) is 0 Å². The van der Waals surface area contributed by atoms with Gasteiger partial charge in [0, 0.05) is 10.7 Å². The van der Waals surface area contributed by atoms with Crippen LogP contribution < -0.4 is 15.5 Å². The quantitative estimate of drug-likeness (QED) is 0.497. The minimum atomic E-state index is -0.878. The first-order chi connectivity index (χ1) is 11.6. The van der Waals surface area contributed by atoms with Crippen LogP contribution in [0.1, 0.15) is 12.5 Å². The van der Waals surface area contributed by atoms with Gasteiger partial charge in [0.1, 0.15) is 5.75 Å². The fraction of sp³-hybridized carbons (Fsp3) is 0.118. The number of carbonyl (C=O) groups excluding carboxylic acids is 2. The van der Waals surface area contributed by atoms with E-state index in [0.29, 0.717) is 17.3 Å². The van der Waals surface area contributed by atoms with E-state index in [1.807, 2.05) is 6.92 Å². The van der Waals surface area contributed by atoms with E-state index in [4.69, 9.17) is 16.3 Å². The van der Waals surface area contributed by atoms with E-state index >= 15 is 0 Å². The largest absolute Gasteiger partial charge is 0.494 e. The highest BCUT2D eigenvalue weighted by Gasteiger charge is 2.12. The summed E-state index contributed by atoms with van der Waals surface area (Å²) in [4.78, 5) is 23.4. The lowest BCUT2D eigenvalue weighted by Gasteiger charge is -2.04. The molecule has 0 aliphatic rings. The molecule has 0 saturated carbocycles. The number of benzene rings is 2. The third kappa shape index (κ3) is 5.40. The second kappa shape index (κ2) is 8.69. The van der Waals surface area contributed by atoms with Crippen LogP contribution in [0.4, 0.5) is 5.69 Å². The zero-order chi connectivity index (χ0) is 17.4. The van der Waals surface area contributed by atoms with E-state index in [1.165, 1.54) is 12.3 Å². The average Bonchev–Trinajstić information content (AvgIpc) is 2.56. The summed E-state index contributed by atoms with van der Waals surface area (Å²) in [5.41, 5.74) is 3.35. The lowest BCUT2D eigenvalue weighted by molar-refractivity contribution is -0.136. The lowest BCUT2D eigenvalue weighted by Crippen LogP contribution is -2.32. The summed E-state index contributed by atoms with van der Waals surface area (Å²) >= 11 is 5.81. The van der Waals surface area contributed by atoms with Crippen molar-refractivity contribution in [3.05, 3.63) is 59.1 Å². The Labute approximate surface area is 144 Å². The van der Waals surface area contributed by atoms with E-state index in [-0.39, 0.29) is 0 Å². The van der Waals surface area contributed by atoms with Crippen molar-refractivity contribution in [3.8, 4) is 5.75 Å². The molecule has 2 amide bonds. The minimum absolute atomic E-state index is 0.429. The highest BCUT2D eigenvalue weighted by molar-refractivity contribution is 6.39. The van der Waals surface area contributed by atoms with Gasteiger partial charge in [0.05, 0.1) is 12.8 Å². The molecule has 2 rings (SSSR count). The van der Waals surface area contributed by atoms with Gasteiger partial charge in [-0.3, -0.25) is 9.59 Å². The number of hydrogen-bond acceptors (Lipinski definition) is 4. The number of ether oxygens (including phenoxy) is 1. The van der Waals surface area contributed by atoms with Gasteiger partial charge in [0.25, 0.3) is 0 Å². The van der Waals surface area contributed by atoms with Crippen LogP contribution in [0.2, 0.25) is 5.02 Å².